The third-order valence-electron chi connectivity index (χ3n) is 2.07. The molecule has 0 aliphatic carbocycles. The van der Waals surface area contributed by atoms with Gasteiger partial charge in [-0.05, 0) is 17.7 Å². The normalized spacial score (nSPS) is 10.4. The standard InChI is InChI=1S/C11H10FN3OS/c12-8-3-1-2-7(4-8)6-17-11-14-5-9(13)10(16)15-11/h1-5H,6,13H2,(H,14,15,16). The number of halogens is 1. The maximum absolute atomic E-state index is 12.9. The zero-order valence-corrected chi connectivity index (χ0v) is 9.63. The van der Waals surface area contributed by atoms with E-state index in [0.29, 0.717) is 10.9 Å². The lowest BCUT2D eigenvalue weighted by Gasteiger charge is -2.01. The Balaban J connectivity index is 2.07. The summed E-state index contributed by atoms with van der Waals surface area (Å²) >= 11 is 1.32. The van der Waals surface area contributed by atoms with Crippen molar-refractivity contribution in [3.8, 4) is 0 Å². The summed E-state index contributed by atoms with van der Waals surface area (Å²) in [6.07, 6.45) is 1.31. The highest BCUT2D eigenvalue weighted by molar-refractivity contribution is 7.98. The van der Waals surface area contributed by atoms with Crippen molar-refractivity contribution in [3.63, 3.8) is 0 Å². The Morgan fingerprint density at radius 1 is 1.47 bits per heavy atom. The molecule has 0 atom stereocenters. The summed E-state index contributed by atoms with van der Waals surface area (Å²) in [5.74, 6) is 0.256. The molecule has 0 fully saturated rings. The van der Waals surface area contributed by atoms with Gasteiger partial charge in [-0.1, -0.05) is 23.9 Å². The number of thioether (sulfide) groups is 1. The SMILES string of the molecule is Nc1cnc(SCc2cccc(F)c2)[nH]c1=O. The van der Waals surface area contributed by atoms with Crippen LogP contribution >= 0.6 is 11.8 Å². The van der Waals surface area contributed by atoms with E-state index in [0.717, 1.165) is 5.56 Å². The van der Waals surface area contributed by atoms with Crippen molar-refractivity contribution in [1.29, 1.82) is 0 Å². The van der Waals surface area contributed by atoms with E-state index in [1.807, 2.05) is 6.07 Å². The van der Waals surface area contributed by atoms with Crippen LogP contribution in [0.1, 0.15) is 5.56 Å². The largest absolute Gasteiger partial charge is 0.393 e. The minimum absolute atomic E-state index is 0.0834. The van der Waals surface area contributed by atoms with Crippen LogP contribution in [-0.4, -0.2) is 9.97 Å². The third kappa shape index (κ3) is 3.07. The molecule has 0 radical (unpaired) electrons. The molecular formula is C11H10FN3OS. The van der Waals surface area contributed by atoms with Crippen LogP contribution in [0.3, 0.4) is 0 Å². The van der Waals surface area contributed by atoms with Gasteiger partial charge in [0.1, 0.15) is 11.5 Å². The van der Waals surface area contributed by atoms with E-state index in [1.165, 1.54) is 30.1 Å². The molecule has 1 heterocycles. The summed E-state index contributed by atoms with van der Waals surface area (Å²) in [6, 6.07) is 6.29. The molecule has 1 aromatic carbocycles. The van der Waals surface area contributed by atoms with E-state index in [1.54, 1.807) is 6.07 Å². The monoisotopic (exact) mass is 251 g/mol. The molecule has 0 spiro atoms. The molecule has 6 heteroatoms. The maximum atomic E-state index is 12.9. The van der Waals surface area contributed by atoms with Gasteiger partial charge in [-0.25, -0.2) is 9.37 Å². The van der Waals surface area contributed by atoms with E-state index in [9.17, 15) is 9.18 Å². The summed E-state index contributed by atoms with van der Waals surface area (Å²) in [5.41, 5.74) is 5.90. The van der Waals surface area contributed by atoms with Crippen molar-refractivity contribution in [2.24, 2.45) is 0 Å². The second kappa shape index (κ2) is 5.01. The fourth-order valence-corrected chi connectivity index (χ4v) is 2.02. The zero-order valence-electron chi connectivity index (χ0n) is 8.81. The van der Waals surface area contributed by atoms with Crippen LogP contribution in [0, 0.1) is 5.82 Å². The number of aromatic amines is 1. The van der Waals surface area contributed by atoms with Gasteiger partial charge in [-0.3, -0.25) is 9.78 Å². The molecular weight excluding hydrogens is 241 g/mol. The Morgan fingerprint density at radius 3 is 3.00 bits per heavy atom. The van der Waals surface area contributed by atoms with E-state index in [-0.39, 0.29) is 17.1 Å². The number of benzene rings is 1. The average Bonchev–Trinajstić information content (AvgIpc) is 2.31. The Labute approximate surface area is 101 Å². The summed E-state index contributed by atoms with van der Waals surface area (Å²) in [5, 5.41) is 0.466. The highest BCUT2D eigenvalue weighted by atomic mass is 32.2. The highest BCUT2D eigenvalue weighted by Crippen LogP contribution is 2.18. The lowest BCUT2D eigenvalue weighted by atomic mass is 10.2. The van der Waals surface area contributed by atoms with Gasteiger partial charge in [0, 0.05) is 5.75 Å². The van der Waals surface area contributed by atoms with Crippen LogP contribution in [0.15, 0.2) is 40.4 Å². The molecule has 2 aromatic rings. The fraction of sp³-hybridized carbons (Fsp3) is 0.0909. The van der Waals surface area contributed by atoms with Gasteiger partial charge in [0.15, 0.2) is 5.16 Å². The van der Waals surface area contributed by atoms with Gasteiger partial charge in [-0.2, -0.15) is 0 Å². The average molecular weight is 251 g/mol. The molecule has 0 saturated heterocycles. The molecule has 0 unspecified atom stereocenters. The van der Waals surface area contributed by atoms with Gasteiger partial charge in [0.25, 0.3) is 5.56 Å². The third-order valence-corrected chi connectivity index (χ3v) is 3.03. The topological polar surface area (TPSA) is 71.8 Å². The number of nitrogens with zero attached hydrogens (tertiary/aromatic N) is 1. The second-order valence-corrected chi connectivity index (χ2v) is 4.36. The van der Waals surface area contributed by atoms with Crippen molar-refractivity contribution in [2.75, 3.05) is 5.73 Å². The van der Waals surface area contributed by atoms with Gasteiger partial charge in [0.2, 0.25) is 0 Å². The molecule has 4 nitrogen and oxygen atoms in total. The fourth-order valence-electron chi connectivity index (χ4n) is 1.24. The number of nitrogens with one attached hydrogen (secondary N) is 1. The van der Waals surface area contributed by atoms with Crippen molar-refractivity contribution >= 4 is 17.4 Å². The molecule has 88 valence electrons. The van der Waals surface area contributed by atoms with Gasteiger partial charge >= 0.3 is 0 Å². The van der Waals surface area contributed by atoms with E-state index >= 15 is 0 Å². The van der Waals surface area contributed by atoms with Crippen LogP contribution in [0.25, 0.3) is 0 Å². The number of aromatic nitrogens is 2. The summed E-state index contributed by atoms with van der Waals surface area (Å²) in [7, 11) is 0. The molecule has 17 heavy (non-hydrogen) atoms. The van der Waals surface area contributed by atoms with Crippen LogP contribution in [0.4, 0.5) is 10.1 Å². The zero-order chi connectivity index (χ0) is 12.3. The van der Waals surface area contributed by atoms with Crippen LogP contribution < -0.4 is 11.3 Å². The Morgan fingerprint density at radius 2 is 2.29 bits per heavy atom. The van der Waals surface area contributed by atoms with Crippen LogP contribution in [0.5, 0.6) is 0 Å². The number of nitrogens with two attached hydrogens (primary N) is 1. The van der Waals surface area contributed by atoms with Gasteiger partial charge in [0.05, 0.1) is 6.20 Å². The van der Waals surface area contributed by atoms with Crippen LogP contribution in [0.2, 0.25) is 0 Å². The van der Waals surface area contributed by atoms with E-state index < -0.39 is 0 Å². The molecule has 0 bridgehead atoms. The van der Waals surface area contributed by atoms with Crippen molar-refractivity contribution in [2.45, 2.75) is 10.9 Å². The first-order valence-corrected chi connectivity index (χ1v) is 5.86. The summed E-state index contributed by atoms with van der Waals surface area (Å²) < 4.78 is 12.9. The minimum Gasteiger partial charge on any atom is -0.393 e. The van der Waals surface area contributed by atoms with Crippen molar-refractivity contribution in [1.82, 2.24) is 9.97 Å². The predicted molar refractivity (Wildman–Crippen MR) is 65.2 cm³/mol. The molecule has 0 aliphatic heterocycles. The van der Waals surface area contributed by atoms with Crippen LogP contribution in [-0.2, 0) is 5.75 Å². The number of hydrogen-bond donors (Lipinski definition) is 2. The molecule has 0 aliphatic rings. The predicted octanol–water partition coefficient (Wildman–Crippen LogP) is 1.78. The first-order valence-electron chi connectivity index (χ1n) is 4.87. The Kier molecular flexibility index (Phi) is 3.43. The molecule has 2 rings (SSSR count). The number of rotatable bonds is 3. The lowest BCUT2D eigenvalue weighted by Crippen LogP contribution is -2.12. The maximum Gasteiger partial charge on any atom is 0.274 e. The van der Waals surface area contributed by atoms with Crippen molar-refractivity contribution < 1.29 is 4.39 Å². The first kappa shape index (κ1) is 11.7. The molecule has 1 aromatic heterocycles. The summed E-state index contributed by atoms with van der Waals surface area (Å²) in [4.78, 5) is 17.7. The molecule has 0 amide bonds. The highest BCUT2D eigenvalue weighted by Gasteiger charge is 2.01. The number of H-pyrrole nitrogens is 1. The summed E-state index contributed by atoms with van der Waals surface area (Å²) in [6.45, 7) is 0. The van der Waals surface area contributed by atoms with E-state index in [2.05, 4.69) is 9.97 Å². The molecule has 3 N–H and O–H groups in total. The Bertz CT molecular complexity index is 585. The lowest BCUT2D eigenvalue weighted by molar-refractivity contribution is 0.626. The van der Waals surface area contributed by atoms with E-state index in [4.69, 9.17) is 5.73 Å². The number of hydrogen-bond acceptors (Lipinski definition) is 4. The van der Waals surface area contributed by atoms with Crippen molar-refractivity contribution in [3.05, 3.63) is 52.2 Å². The number of anilines is 1. The molecule has 0 saturated carbocycles. The smallest absolute Gasteiger partial charge is 0.274 e. The Hall–Kier alpha value is -1.82. The van der Waals surface area contributed by atoms with Gasteiger partial charge < -0.3 is 5.73 Å². The van der Waals surface area contributed by atoms with Gasteiger partial charge in [-0.15, -0.1) is 0 Å². The first-order chi connectivity index (χ1) is 8.15. The minimum atomic E-state index is -0.359. The quantitative estimate of drug-likeness (QED) is 0.644. The number of nitrogen functional groups attached to an aromatic ring is 1. The second-order valence-electron chi connectivity index (χ2n) is 3.39.